The van der Waals surface area contributed by atoms with Crippen molar-refractivity contribution in [3.8, 4) is 0 Å². The molecule has 0 amide bonds. The summed E-state index contributed by atoms with van der Waals surface area (Å²) in [6, 6.07) is 0. The molecule has 2 aliphatic carbocycles. The van der Waals surface area contributed by atoms with Crippen molar-refractivity contribution in [2.75, 3.05) is 7.11 Å². The first-order valence-electron chi connectivity index (χ1n) is 7.58. The molecule has 2 atom stereocenters. The van der Waals surface area contributed by atoms with Gasteiger partial charge < -0.3 is 4.74 Å². The molecule has 0 unspecified atom stereocenters. The number of methoxy groups -OCH3 is 1. The van der Waals surface area contributed by atoms with E-state index in [9.17, 15) is 4.79 Å². The van der Waals surface area contributed by atoms with Gasteiger partial charge in [-0.2, -0.15) is 0 Å². The molecule has 0 aromatic carbocycles. The highest BCUT2D eigenvalue weighted by molar-refractivity contribution is 6.03. The highest BCUT2D eigenvalue weighted by Gasteiger charge is 2.46. The van der Waals surface area contributed by atoms with Crippen molar-refractivity contribution in [3.63, 3.8) is 0 Å². The second-order valence-corrected chi connectivity index (χ2v) is 6.21. The number of rotatable bonds is 4. The van der Waals surface area contributed by atoms with Crippen LogP contribution in [0.15, 0.2) is 23.0 Å². The molecule has 2 nitrogen and oxygen atoms in total. The zero-order valence-corrected chi connectivity index (χ0v) is 12.7. The maximum absolute atomic E-state index is 12.8. The van der Waals surface area contributed by atoms with Gasteiger partial charge in [-0.1, -0.05) is 26.7 Å². The lowest BCUT2D eigenvalue weighted by Crippen LogP contribution is -2.40. The van der Waals surface area contributed by atoms with Crippen LogP contribution in [0.4, 0.5) is 0 Å². The molecule has 1 fully saturated rings. The monoisotopic (exact) mass is 262 g/mol. The van der Waals surface area contributed by atoms with E-state index < -0.39 is 0 Å². The zero-order chi connectivity index (χ0) is 14.0. The van der Waals surface area contributed by atoms with Gasteiger partial charge in [0.15, 0.2) is 5.78 Å². The van der Waals surface area contributed by atoms with Crippen molar-refractivity contribution >= 4 is 5.78 Å². The second-order valence-electron chi connectivity index (χ2n) is 6.21. The molecule has 0 aromatic rings. The summed E-state index contributed by atoms with van der Waals surface area (Å²) in [5.41, 5.74) is 1.91. The van der Waals surface area contributed by atoms with Crippen LogP contribution in [0.3, 0.4) is 0 Å². The van der Waals surface area contributed by atoms with Crippen LogP contribution in [-0.2, 0) is 9.53 Å². The number of hydrogen-bond acceptors (Lipinski definition) is 2. The smallest absolute Gasteiger partial charge is 0.169 e. The average molecular weight is 262 g/mol. The Kier molecular flexibility index (Phi) is 4.17. The predicted molar refractivity (Wildman–Crippen MR) is 77.8 cm³/mol. The van der Waals surface area contributed by atoms with Crippen LogP contribution in [0.1, 0.15) is 59.3 Å². The van der Waals surface area contributed by atoms with Gasteiger partial charge in [0.2, 0.25) is 0 Å². The maximum Gasteiger partial charge on any atom is 0.169 e. The summed E-state index contributed by atoms with van der Waals surface area (Å²) in [6.07, 6.45) is 8.39. The molecule has 1 saturated carbocycles. The van der Waals surface area contributed by atoms with Crippen LogP contribution < -0.4 is 0 Å². The number of ketones is 1. The Morgan fingerprint density at radius 2 is 2.21 bits per heavy atom. The van der Waals surface area contributed by atoms with Gasteiger partial charge in [0.05, 0.1) is 12.5 Å². The Hall–Kier alpha value is -1.05. The fraction of sp³-hybridized carbons (Fsp3) is 0.706. The first-order valence-corrected chi connectivity index (χ1v) is 7.58. The molecule has 106 valence electrons. The van der Waals surface area contributed by atoms with Crippen LogP contribution in [-0.4, -0.2) is 12.9 Å². The largest absolute Gasteiger partial charge is 0.497 e. The van der Waals surface area contributed by atoms with E-state index in [2.05, 4.69) is 20.8 Å². The first kappa shape index (κ1) is 14.4. The minimum Gasteiger partial charge on any atom is -0.497 e. The Morgan fingerprint density at radius 1 is 1.47 bits per heavy atom. The number of carbonyl (C=O) groups excluding carboxylic acids is 1. The van der Waals surface area contributed by atoms with E-state index in [1.165, 1.54) is 12.0 Å². The van der Waals surface area contributed by atoms with Gasteiger partial charge in [-0.05, 0) is 55.7 Å². The predicted octanol–water partition coefficient (Wildman–Crippen LogP) is 4.41. The number of allylic oxidation sites excluding steroid dienone is 3. The molecule has 0 heterocycles. The summed E-state index contributed by atoms with van der Waals surface area (Å²) in [4.78, 5) is 12.8. The molecule has 0 bridgehead atoms. The summed E-state index contributed by atoms with van der Waals surface area (Å²) < 4.78 is 5.61. The maximum atomic E-state index is 12.8. The van der Waals surface area contributed by atoms with E-state index in [1.54, 1.807) is 7.11 Å². The molecule has 0 aliphatic heterocycles. The van der Waals surface area contributed by atoms with E-state index in [1.807, 2.05) is 6.08 Å². The van der Waals surface area contributed by atoms with Gasteiger partial charge in [-0.15, -0.1) is 0 Å². The highest BCUT2D eigenvalue weighted by Crippen LogP contribution is 2.50. The SMILES string of the molecule is CCCCC1=CC(OC)=C2[C@H](C)CCC[C@@]2(C)C1=O. The van der Waals surface area contributed by atoms with Crippen molar-refractivity contribution in [1.82, 2.24) is 0 Å². The molecule has 2 heteroatoms. The second kappa shape index (κ2) is 5.52. The standard InChI is InChI=1S/C17H26O2/c1-5-6-9-13-11-14(19-4)15-12(2)8-7-10-17(15,3)16(13)18/h11-12H,5-10H2,1-4H3/t12-,17-/m1/s1. The molecule has 2 rings (SSSR count). The van der Waals surface area contributed by atoms with Gasteiger partial charge in [0, 0.05) is 0 Å². The first-order chi connectivity index (χ1) is 9.04. The molecule has 0 N–H and O–H groups in total. The van der Waals surface area contributed by atoms with E-state index in [0.717, 1.165) is 43.4 Å². The minimum absolute atomic E-state index is 0.305. The lowest BCUT2D eigenvalue weighted by Gasteiger charge is -2.42. The third kappa shape index (κ3) is 2.37. The van der Waals surface area contributed by atoms with Crippen molar-refractivity contribution in [2.45, 2.75) is 59.3 Å². The number of unbranched alkanes of at least 4 members (excludes halogenated alkanes) is 1. The normalized spacial score (nSPS) is 31.1. The molecule has 0 radical (unpaired) electrons. The van der Waals surface area contributed by atoms with Crippen LogP contribution in [0.25, 0.3) is 0 Å². The molecule has 19 heavy (non-hydrogen) atoms. The van der Waals surface area contributed by atoms with Crippen molar-refractivity contribution in [1.29, 1.82) is 0 Å². The zero-order valence-electron chi connectivity index (χ0n) is 12.7. The number of hydrogen-bond donors (Lipinski definition) is 0. The van der Waals surface area contributed by atoms with Gasteiger partial charge in [-0.25, -0.2) is 0 Å². The number of fused-ring (bicyclic) bond motifs is 1. The van der Waals surface area contributed by atoms with Crippen molar-refractivity contribution in [3.05, 3.63) is 23.0 Å². The number of carbonyl (C=O) groups is 1. The number of Topliss-reactive ketones (excluding diaryl/α,β-unsaturated/α-hetero) is 1. The molecular formula is C17H26O2. The average Bonchev–Trinajstić information content (AvgIpc) is 2.39. The van der Waals surface area contributed by atoms with Crippen LogP contribution in [0, 0.1) is 11.3 Å². The molecule has 0 saturated heterocycles. The Labute approximate surface area is 116 Å². The lowest BCUT2D eigenvalue weighted by atomic mass is 9.61. The van der Waals surface area contributed by atoms with Crippen LogP contribution >= 0.6 is 0 Å². The summed E-state index contributed by atoms with van der Waals surface area (Å²) in [6.45, 7) is 6.51. The fourth-order valence-corrected chi connectivity index (χ4v) is 3.71. The number of ether oxygens (including phenoxy) is 1. The summed E-state index contributed by atoms with van der Waals surface area (Å²) in [5, 5.41) is 0. The van der Waals surface area contributed by atoms with E-state index in [0.29, 0.717) is 11.7 Å². The van der Waals surface area contributed by atoms with E-state index >= 15 is 0 Å². The Bertz CT molecular complexity index is 431. The Balaban J connectivity index is 2.44. The Morgan fingerprint density at radius 3 is 2.84 bits per heavy atom. The van der Waals surface area contributed by atoms with Crippen molar-refractivity contribution in [2.24, 2.45) is 11.3 Å². The topological polar surface area (TPSA) is 26.3 Å². The molecular weight excluding hydrogens is 236 g/mol. The third-order valence-corrected chi connectivity index (χ3v) is 4.78. The highest BCUT2D eigenvalue weighted by atomic mass is 16.5. The molecule has 2 aliphatic rings. The fourth-order valence-electron chi connectivity index (χ4n) is 3.71. The summed E-state index contributed by atoms with van der Waals surface area (Å²) >= 11 is 0. The van der Waals surface area contributed by atoms with Gasteiger partial charge in [-0.3, -0.25) is 4.79 Å². The van der Waals surface area contributed by atoms with Crippen LogP contribution in [0.2, 0.25) is 0 Å². The van der Waals surface area contributed by atoms with E-state index in [4.69, 9.17) is 4.74 Å². The minimum atomic E-state index is -0.305. The van der Waals surface area contributed by atoms with Crippen molar-refractivity contribution < 1.29 is 9.53 Å². The summed E-state index contributed by atoms with van der Waals surface area (Å²) in [5.74, 6) is 1.77. The third-order valence-electron chi connectivity index (χ3n) is 4.78. The van der Waals surface area contributed by atoms with Crippen LogP contribution in [0.5, 0.6) is 0 Å². The summed E-state index contributed by atoms with van der Waals surface area (Å²) in [7, 11) is 1.73. The lowest BCUT2D eigenvalue weighted by molar-refractivity contribution is -0.124. The van der Waals surface area contributed by atoms with E-state index in [-0.39, 0.29) is 5.41 Å². The molecule has 0 aromatic heterocycles. The quantitative estimate of drug-likeness (QED) is 0.750. The van der Waals surface area contributed by atoms with Gasteiger partial charge in [0.1, 0.15) is 5.76 Å². The van der Waals surface area contributed by atoms with Gasteiger partial charge >= 0.3 is 0 Å². The van der Waals surface area contributed by atoms with Gasteiger partial charge in [0.25, 0.3) is 0 Å². The molecule has 0 spiro atoms.